The number of hydrogen-bond acceptors (Lipinski definition) is 20. The normalized spacial score (nSPS) is 18.9. The van der Waals surface area contributed by atoms with Crippen LogP contribution in [0.15, 0.2) is 24.3 Å². The van der Waals surface area contributed by atoms with Gasteiger partial charge in [-0.25, -0.2) is 4.79 Å². The molecule has 18 N–H and O–H groups in total. The lowest BCUT2D eigenvalue weighted by atomic mass is 9.96. The number of primary amides is 1. The fraction of sp³-hybridized carbons (Fsp3) is 0.667. The quantitative estimate of drug-likeness (QED) is 0.0277. The molecule has 13 amide bonds. The van der Waals surface area contributed by atoms with Crippen LogP contribution in [0, 0.1) is 17.8 Å². The van der Waals surface area contributed by atoms with Gasteiger partial charge in [-0.1, -0.05) is 72.9 Å². The van der Waals surface area contributed by atoms with Crippen LogP contribution >= 0.6 is 25.3 Å². The van der Waals surface area contributed by atoms with Gasteiger partial charge in [0.1, 0.15) is 72.2 Å². The molecule has 2 aliphatic rings. The number of aliphatic carboxylic acids is 1. The monoisotopic (exact) mass is 1360 g/mol. The predicted octanol–water partition coefficient (Wildman–Crippen LogP) is -4.54. The van der Waals surface area contributed by atoms with Crippen LogP contribution in [0.2, 0.25) is 0 Å². The highest BCUT2D eigenvalue weighted by molar-refractivity contribution is 7.80. The largest absolute Gasteiger partial charge is 0.508 e. The number of phenols is 1. The zero-order valence-electron chi connectivity index (χ0n) is 54.3. The van der Waals surface area contributed by atoms with Crippen molar-refractivity contribution >= 4 is 108 Å². The van der Waals surface area contributed by atoms with E-state index in [1.54, 1.807) is 41.5 Å². The molecular formula is C60H96N14O18S2. The number of aliphatic hydroxyl groups excluding tert-OH is 2. The minimum Gasteiger partial charge on any atom is -0.508 e. The van der Waals surface area contributed by atoms with E-state index in [1.807, 2.05) is 0 Å². The van der Waals surface area contributed by atoms with Crippen molar-refractivity contribution in [3.05, 3.63) is 29.8 Å². The van der Waals surface area contributed by atoms with Gasteiger partial charge in [0.15, 0.2) is 0 Å². The molecule has 2 saturated heterocycles. The van der Waals surface area contributed by atoms with E-state index in [-0.39, 0.29) is 62.4 Å². The molecule has 1 aromatic rings. The van der Waals surface area contributed by atoms with Crippen LogP contribution in [0.3, 0.4) is 0 Å². The number of amides is 13. The number of nitrogens with two attached hydrogens (primary N) is 2. The maximum atomic E-state index is 14.6. The highest BCUT2D eigenvalue weighted by Gasteiger charge is 2.46. The van der Waals surface area contributed by atoms with E-state index in [4.69, 9.17) is 11.5 Å². The molecule has 34 heteroatoms. The highest BCUT2D eigenvalue weighted by Crippen LogP contribution is 2.28. The van der Waals surface area contributed by atoms with Gasteiger partial charge in [0.2, 0.25) is 76.8 Å². The van der Waals surface area contributed by atoms with E-state index in [1.165, 1.54) is 41.0 Å². The van der Waals surface area contributed by atoms with Crippen molar-refractivity contribution in [2.24, 2.45) is 29.2 Å². The summed E-state index contributed by atoms with van der Waals surface area (Å²) in [6.45, 7) is 11.2. The number of nitrogens with zero attached hydrogens (tertiary/aromatic N) is 2. The number of likely N-dealkylation sites (tertiary alicyclic amines) is 2. The molecule has 526 valence electrons. The van der Waals surface area contributed by atoms with Crippen LogP contribution in [0.1, 0.15) is 119 Å². The topological polar surface area (TPSA) is 499 Å². The number of rotatable bonds is 38. The smallest absolute Gasteiger partial charge is 0.326 e. The maximum absolute atomic E-state index is 14.6. The molecule has 2 fully saturated rings. The first kappa shape index (κ1) is 80.4. The number of benzene rings is 1. The Hall–Kier alpha value is -7.82. The molecule has 1 aromatic carbocycles. The van der Waals surface area contributed by atoms with Crippen molar-refractivity contribution < 1.29 is 87.5 Å². The second-order valence-corrected chi connectivity index (χ2v) is 24.6. The zero-order chi connectivity index (χ0) is 70.8. The van der Waals surface area contributed by atoms with E-state index in [2.05, 4.69) is 78.4 Å². The standard InChI is InChI=1S/C60H96N14O18S2/c1-9-29(4)45(69-44(79)25-63-50(81)36(61)27-93)55(86)66-38(24-34-16-18-35(77)19-17-34)51(82)72-48(33(8)76)57(88)64-32(7)49(80)67-39(26-75)52(83)71-47(31(6)11-3)59(90)74-23-13-15-42(74)58(89)73-22-12-14-41(73)54(85)70-46(30(5)10-2)56(87)68-40(28-94)53(84)65-37(60(91)92)20-21-43(62)78/h16-19,29-33,36-42,45-48,75-77,93-94H,9-15,20-28,61H2,1-8H3,(H2,62,78)(H,63,81)(H,64,88)(H,65,84)(H,66,86)(H,67,80)(H,68,87)(H,69,79)(H,70,85)(H,71,83)(H,72,82)(H,91,92)/t29-,30-,31-,32-,33+,36-,37-,38-,39-,40-,41-,42-,45-,46-,47-,48-/m0/s1. The van der Waals surface area contributed by atoms with Crippen molar-refractivity contribution in [3.63, 3.8) is 0 Å². The zero-order valence-corrected chi connectivity index (χ0v) is 56.1. The second-order valence-electron chi connectivity index (χ2n) is 23.8. The van der Waals surface area contributed by atoms with Gasteiger partial charge in [0.05, 0.1) is 25.3 Å². The van der Waals surface area contributed by atoms with Gasteiger partial charge in [0, 0.05) is 37.4 Å². The summed E-state index contributed by atoms with van der Waals surface area (Å²) in [4.78, 5) is 191. The molecule has 0 unspecified atom stereocenters. The third-order valence-corrected chi connectivity index (χ3v) is 17.5. The Morgan fingerprint density at radius 3 is 1.60 bits per heavy atom. The fourth-order valence-electron chi connectivity index (χ4n) is 10.3. The number of carbonyl (C=O) groups excluding carboxylic acids is 13. The predicted molar refractivity (Wildman–Crippen MR) is 346 cm³/mol. The Labute approximate surface area is 557 Å². The van der Waals surface area contributed by atoms with Gasteiger partial charge >= 0.3 is 5.97 Å². The van der Waals surface area contributed by atoms with E-state index in [0.29, 0.717) is 37.7 Å². The summed E-state index contributed by atoms with van der Waals surface area (Å²) in [6.07, 6.45) is -0.386. The summed E-state index contributed by atoms with van der Waals surface area (Å²) in [5, 5.41) is 65.6. The average Bonchev–Trinajstić information content (AvgIpc) is 1.61. The summed E-state index contributed by atoms with van der Waals surface area (Å²) < 4.78 is 0. The Balaban J connectivity index is 1.76. The minimum absolute atomic E-state index is 0.000123. The van der Waals surface area contributed by atoms with Crippen LogP contribution in [0.4, 0.5) is 0 Å². The van der Waals surface area contributed by atoms with Gasteiger partial charge in [-0.15, -0.1) is 0 Å². The van der Waals surface area contributed by atoms with Crippen LogP contribution in [0.25, 0.3) is 0 Å². The number of hydrogen-bond donors (Lipinski definition) is 18. The maximum Gasteiger partial charge on any atom is 0.326 e. The molecule has 2 heterocycles. The van der Waals surface area contributed by atoms with Gasteiger partial charge in [0.25, 0.3) is 0 Å². The van der Waals surface area contributed by atoms with Crippen molar-refractivity contribution in [3.8, 4) is 5.75 Å². The first-order valence-corrected chi connectivity index (χ1v) is 32.7. The van der Waals surface area contributed by atoms with Gasteiger partial charge in [-0.3, -0.25) is 62.3 Å². The molecule has 0 aliphatic carbocycles. The molecule has 16 atom stereocenters. The number of carboxylic acids is 1. The first-order valence-electron chi connectivity index (χ1n) is 31.5. The van der Waals surface area contributed by atoms with Crippen molar-refractivity contribution in [2.45, 2.75) is 198 Å². The lowest BCUT2D eigenvalue weighted by molar-refractivity contribution is -0.149. The number of aliphatic hydroxyl groups is 2. The third-order valence-electron chi connectivity index (χ3n) is 16.7. The number of carbonyl (C=O) groups is 14. The third kappa shape index (κ3) is 23.9. The van der Waals surface area contributed by atoms with Crippen LogP contribution in [0.5, 0.6) is 5.75 Å². The Morgan fingerprint density at radius 2 is 1.06 bits per heavy atom. The summed E-state index contributed by atoms with van der Waals surface area (Å²) in [6, 6.07) is -10.9. The SMILES string of the molecule is CC[C@H](C)[C@H](NC(=O)CNC(=O)[C@@H](N)CS)C(=O)N[C@@H](Cc1ccc(O)cc1)C(=O)N[C@H](C(=O)N[C@@H](C)C(=O)N[C@@H](CO)C(=O)N[C@H](C(=O)N1CCC[C@H]1C(=O)N1CCC[C@H]1C(=O)N[C@H](C(=O)N[C@@H](CS)C(=O)N[C@@H](CCC(N)=O)C(=O)O)[C@@H](C)CC)[C@@H](C)CC)[C@@H](C)O. The van der Waals surface area contributed by atoms with Crippen molar-refractivity contribution in [1.82, 2.24) is 63.0 Å². The molecule has 0 radical (unpaired) electrons. The van der Waals surface area contributed by atoms with Crippen LogP contribution in [-0.4, -0.2) is 229 Å². The van der Waals surface area contributed by atoms with Crippen molar-refractivity contribution in [1.29, 1.82) is 0 Å². The molecule has 3 rings (SSSR count). The van der Waals surface area contributed by atoms with Gasteiger partial charge in [-0.05, 0) is 81.4 Å². The summed E-state index contributed by atoms with van der Waals surface area (Å²) >= 11 is 8.13. The van der Waals surface area contributed by atoms with Gasteiger partial charge < -0.3 is 94.9 Å². The first-order chi connectivity index (χ1) is 44.3. The van der Waals surface area contributed by atoms with E-state index in [9.17, 15) is 87.5 Å². The number of aromatic hydroxyl groups is 1. The number of nitrogens with one attached hydrogen (secondary N) is 10. The average molecular weight is 1370 g/mol. The highest BCUT2D eigenvalue weighted by atomic mass is 32.1. The molecule has 2 aliphatic heterocycles. The van der Waals surface area contributed by atoms with E-state index in [0.717, 1.165) is 6.92 Å². The van der Waals surface area contributed by atoms with Gasteiger partial charge in [-0.2, -0.15) is 25.3 Å². The molecule has 0 bridgehead atoms. The minimum atomic E-state index is -1.79. The number of phenolic OH excluding ortho intramolecular Hbond substituents is 1. The summed E-state index contributed by atoms with van der Waals surface area (Å²) in [7, 11) is 0. The molecule has 0 saturated carbocycles. The lowest BCUT2D eigenvalue weighted by Crippen LogP contribution is -2.62. The lowest BCUT2D eigenvalue weighted by Gasteiger charge is -2.35. The van der Waals surface area contributed by atoms with Crippen LogP contribution < -0.4 is 64.6 Å². The molecule has 94 heavy (non-hydrogen) atoms. The Bertz CT molecular complexity index is 2840. The number of carboxylic acid groups (broad SMARTS) is 1. The van der Waals surface area contributed by atoms with E-state index < -0.39 is 192 Å². The molecule has 32 nitrogen and oxygen atoms in total. The summed E-state index contributed by atoms with van der Waals surface area (Å²) in [5.74, 6) is -14.3. The number of thiol groups is 2. The van der Waals surface area contributed by atoms with Crippen molar-refractivity contribution in [2.75, 3.05) is 37.7 Å². The molecular weight excluding hydrogens is 1270 g/mol. The second kappa shape index (κ2) is 39.1. The van der Waals surface area contributed by atoms with E-state index >= 15 is 0 Å². The Kier molecular flexibility index (Phi) is 33.5. The van der Waals surface area contributed by atoms with Crippen LogP contribution in [-0.2, 0) is 73.5 Å². The fourth-order valence-corrected chi connectivity index (χ4v) is 10.7. The summed E-state index contributed by atoms with van der Waals surface area (Å²) in [5.41, 5.74) is 11.2. The molecule has 0 spiro atoms. The molecule has 0 aromatic heterocycles. The Morgan fingerprint density at radius 1 is 0.574 bits per heavy atom.